The zero-order valence-corrected chi connectivity index (χ0v) is 15.9. The van der Waals surface area contributed by atoms with Crippen LogP contribution in [0.25, 0.3) is 0 Å². The Balaban J connectivity index is 1.47. The van der Waals surface area contributed by atoms with E-state index >= 15 is 0 Å². The lowest BCUT2D eigenvalue weighted by Gasteiger charge is -2.23. The first-order valence-electron chi connectivity index (χ1n) is 9.70. The largest absolute Gasteiger partial charge is 0.378 e. The molecule has 6 heteroatoms. The molecule has 3 atom stereocenters. The molecule has 1 N–H and O–H groups in total. The van der Waals surface area contributed by atoms with Crippen molar-refractivity contribution in [1.82, 2.24) is 4.90 Å². The highest BCUT2D eigenvalue weighted by atomic mass is 19.1. The number of aliphatic hydroxyl groups excluding tert-OH is 1. The Kier molecular flexibility index (Phi) is 5.61. The van der Waals surface area contributed by atoms with Gasteiger partial charge < -0.3 is 5.11 Å². The summed E-state index contributed by atoms with van der Waals surface area (Å²) in [5.74, 6) is 6.30. The van der Waals surface area contributed by atoms with Crippen LogP contribution in [0.3, 0.4) is 0 Å². The van der Waals surface area contributed by atoms with E-state index in [1.54, 1.807) is 0 Å². The minimum Gasteiger partial charge on any atom is -0.378 e. The maximum absolute atomic E-state index is 13.3. The molecule has 0 spiro atoms. The monoisotopic (exact) mass is 396 g/mol. The number of hydrogen-bond acceptors (Lipinski definition) is 3. The standard InChI is InChI=1S/C23H22F2N2O2/c24-19-5-3-16(4-6-19)22(28)23(29)27(21-9-7-20(25)8-10-21)12-2-1-11-26-14-17-13-18(17)15-26/h3-10,17-18,22,28H,11-15H2/t17-,18+,22?. The van der Waals surface area contributed by atoms with Gasteiger partial charge in [-0.3, -0.25) is 14.6 Å². The molecular formula is C23H22F2N2O2. The minimum absolute atomic E-state index is 0.0728. The van der Waals surface area contributed by atoms with Gasteiger partial charge in [-0.15, -0.1) is 0 Å². The molecule has 1 saturated carbocycles. The maximum atomic E-state index is 13.3. The summed E-state index contributed by atoms with van der Waals surface area (Å²) in [4.78, 5) is 16.6. The van der Waals surface area contributed by atoms with Crippen molar-refractivity contribution in [1.29, 1.82) is 0 Å². The number of piperidine rings is 1. The molecule has 4 rings (SSSR count). The lowest BCUT2D eigenvalue weighted by Crippen LogP contribution is -2.35. The zero-order chi connectivity index (χ0) is 20.4. The predicted octanol–water partition coefficient (Wildman–Crippen LogP) is 2.99. The number of hydrogen-bond donors (Lipinski definition) is 1. The average Bonchev–Trinajstić information content (AvgIpc) is 3.34. The number of halogens is 2. The zero-order valence-electron chi connectivity index (χ0n) is 15.9. The van der Waals surface area contributed by atoms with Gasteiger partial charge in [0.2, 0.25) is 0 Å². The van der Waals surface area contributed by atoms with Crippen LogP contribution in [-0.4, -0.2) is 42.1 Å². The summed E-state index contributed by atoms with van der Waals surface area (Å²) in [6.45, 7) is 2.90. The van der Waals surface area contributed by atoms with E-state index in [-0.39, 0.29) is 12.1 Å². The number of aliphatic hydroxyl groups is 1. The third kappa shape index (κ3) is 4.64. The van der Waals surface area contributed by atoms with Crippen molar-refractivity contribution >= 4 is 11.6 Å². The summed E-state index contributed by atoms with van der Waals surface area (Å²) in [7, 11) is 0. The van der Waals surface area contributed by atoms with Crippen LogP contribution in [0, 0.1) is 35.3 Å². The van der Waals surface area contributed by atoms with Crippen LogP contribution in [0.15, 0.2) is 48.5 Å². The fourth-order valence-electron chi connectivity index (χ4n) is 3.78. The first kappa shape index (κ1) is 19.6. The van der Waals surface area contributed by atoms with Crippen molar-refractivity contribution in [3.05, 3.63) is 65.7 Å². The van der Waals surface area contributed by atoms with E-state index in [9.17, 15) is 18.7 Å². The smallest absolute Gasteiger partial charge is 0.261 e. The van der Waals surface area contributed by atoms with E-state index in [0.717, 1.165) is 24.9 Å². The molecule has 2 aromatic rings. The Morgan fingerprint density at radius 3 is 2.24 bits per heavy atom. The molecule has 1 aliphatic heterocycles. The molecule has 150 valence electrons. The van der Waals surface area contributed by atoms with Crippen molar-refractivity contribution in [2.45, 2.75) is 12.5 Å². The number of benzene rings is 2. The highest BCUT2D eigenvalue weighted by Crippen LogP contribution is 2.44. The maximum Gasteiger partial charge on any atom is 0.261 e. The molecule has 1 amide bonds. The molecule has 1 heterocycles. The molecule has 2 aliphatic rings. The Labute approximate surface area is 168 Å². The third-order valence-electron chi connectivity index (χ3n) is 5.54. The van der Waals surface area contributed by atoms with Gasteiger partial charge in [0.05, 0.1) is 13.1 Å². The SMILES string of the molecule is O=C(C(O)c1ccc(F)cc1)N(CC#CCN1C[C@H]2C[C@H]2C1)c1ccc(F)cc1. The summed E-state index contributed by atoms with van der Waals surface area (Å²) < 4.78 is 26.4. The summed E-state index contributed by atoms with van der Waals surface area (Å²) in [5, 5.41) is 10.5. The van der Waals surface area contributed by atoms with Crippen LogP contribution in [0.5, 0.6) is 0 Å². The molecule has 2 fully saturated rings. The normalized spacial score (nSPS) is 21.1. The van der Waals surface area contributed by atoms with Crippen LogP contribution in [0.2, 0.25) is 0 Å². The van der Waals surface area contributed by atoms with Gasteiger partial charge >= 0.3 is 0 Å². The van der Waals surface area contributed by atoms with Crippen molar-refractivity contribution in [3.8, 4) is 11.8 Å². The van der Waals surface area contributed by atoms with Gasteiger partial charge in [-0.05, 0) is 60.2 Å². The number of likely N-dealkylation sites (tertiary alicyclic amines) is 1. The van der Waals surface area contributed by atoms with Crippen LogP contribution >= 0.6 is 0 Å². The second-order valence-corrected chi connectivity index (χ2v) is 7.66. The van der Waals surface area contributed by atoms with E-state index in [1.165, 1.54) is 59.9 Å². The quantitative estimate of drug-likeness (QED) is 0.791. The molecule has 1 aliphatic carbocycles. The molecule has 2 aromatic carbocycles. The van der Waals surface area contributed by atoms with Crippen LogP contribution in [0.4, 0.5) is 14.5 Å². The van der Waals surface area contributed by atoms with E-state index in [2.05, 4.69) is 16.7 Å². The topological polar surface area (TPSA) is 43.8 Å². The van der Waals surface area contributed by atoms with Crippen molar-refractivity contribution in [2.75, 3.05) is 31.1 Å². The van der Waals surface area contributed by atoms with Gasteiger partial charge in [0.1, 0.15) is 11.6 Å². The van der Waals surface area contributed by atoms with Gasteiger partial charge in [0.15, 0.2) is 6.10 Å². The lowest BCUT2D eigenvalue weighted by molar-refractivity contribution is -0.126. The summed E-state index contributed by atoms with van der Waals surface area (Å²) in [5.41, 5.74) is 0.724. The number of rotatable bonds is 5. The Morgan fingerprint density at radius 2 is 1.62 bits per heavy atom. The summed E-state index contributed by atoms with van der Waals surface area (Å²) in [6.07, 6.45) is -0.133. The predicted molar refractivity (Wildman–Crippen MR) is 106 cm³/mol. The minimum atomic E-state index is -1.46. The summed E-state index contributed by atoms with van der Waals surface area (Å²) >= 11 is 0. The molecule has 0 aromatic heterocycles. The summed E-state index contributed by atoms with van der Waals surface area (Å²) in [6, 6.07) is 10.6. The molecule has 0 bridgehead atoms. The van der Waals surface area contributed by atoms with Crippen molar-refractivity contribution in [2.24, 2.45) is 11.8 Å². The van der Waals surface area contributed by atoms with Crippen LogP contribution in [0.1, 0.15) is 18.1 Å². The first-order chi connectivity index (χ1) is 14.0. The number of nitrogens with zero attached hydrogens (tertiary/aromatic N) is 2. The Hall–Kier alpha value is -2.75. The Morgan fingerprint density at radius 1 is 1.03 bits per heavy atom. The van der Waals surface area contributed by atoms with Crippen molar-refractivity contribution < 1.29 is 18.7 Å². The molecule has 4 nitrogen and oxygen atoms in total. The van der Waals surface area contributed by atoms with Gasteiger partial charge in [0.25, 0.3) is 5.91 Å². The molecule has 1 unspecified atom stereocenters. The molecule has 29 heavy (non-hydrogen) atoms. The highest BCUT2D eigenvalue weighted by Gasteiger charge is 2.44. The molecular weight excluding hydrogens is 374 g/mol. The molecule has 1 saturated heterocycles. The third-order valence-corrected chi connectivity index (χ3v) is 5.54. The molecule has 0 radical (unpaired) electrons. The lowest BCUT2D eigenvalue weighted by atomic mass is 10.1. The Bertz CT molecular complexity index is 924. The van der Waals surface area contributed by atoms with Crippen molar-refractivity contribution in [3.63, 3.8) is 0 Å². The number of anilines is 1. The first-order valence-corrected chi connectivity index (χ1v) is 9.70. The number of carbonyl (C=O) groups is 1. The number of amides is 1. The van der Waals surface area contributed by atoms with Crippen LogP contribution in [-0.2, 0) is 4.79 Å². The fourth-order valence-corrected chi connectivity index (χ4v) is 3.78. The van der Waals surface area contributed by atoms with Gasteiger partial charge in [0, 0.05) is 18.8 Å². The van der Waals surface area contributed by atoms with E-state index in [1.807, 2.05) is 0 Å². The average molecular weight is 396 g/mol. The van der Waals surface area contributed by atoms with E-state index in [4.69, 9.17) is 0 Å². The van der Waals surface area contributed by atoms with Gasteiger partial charge in [-0.2, -0.15) is 0 Å². The van der Waals surface area contributed by atoms with Crippen LogP contribution < -0.4 is 4.90 Å². The number of carbonyl (C=O) groups excluding carboxylic acids is 1. The van der Waals surface area contributed by atoms with Gasteiger partial charge in [-0.25, -0.2) is 8.78 Å². The highest BCUT2D eigenvalue weighted by molar-refractivity contribution is 5.97. The fraction of sp³-hybridized carbons (Fsp3) is 0.348. The number of fused-ring (bicyclic) bond motifs is 1. The van der Waals surface area contributed by atoms with E-state index < -0.39 is 23.6 Å². The van der Waals surface area contributed by atoms with E-state index in [0.29, 0.717) is 12.2 Å². The second kappa shape index (κ2) is 8.32. The second-order valence-electron chi connectivity index (χ2n) is 7.66. The van der Waals surface area contributed by atoms with Gasteiger partial charge in [-0.1, -0.05) is 24.0 Å².